The summed E-state index contributed by atoms with van der Waals surface area (Å²) >= 11 is 0. The first-order chi connectivity index (χ1) is 36.6. The summed E-state index contributed by atoms with van der Waals surface area (Å²) in [5.41, 5.74) is 4.97. The number of nitrogens with zero attached hydrogens (tertiary/aromatic N) is 5. The predicted octanol–water partition coefficient (Wildman–Crippen LogP) is 10.5. The lowest BCUT2D eigenvalue weighted by atomic mass is 9.59. The van der Waals surface area contributed by atoms with Gasteiger partial charge in [0.15, 0.2) is 0 Å². The molecule has 0 radical (unpaired) electrons. The topological polar surface area (TPSA) is 195 Å². The molecule has 2 aliphatic carbocycles. The number of hydrogen-bond donors (Lipinski definition) is 4. The maximum Gasteiger partial charge on any atom is 0.293 e. The maximum absolute atomic E-state index is 14.1. The number of nitrogens with one attached hydrogen (secondary N) is 3. The number of para-hydroxylation sites is 1. The van der Waals surface area contributed by atoms with Crippen LogP contribution in [0, 0.1) is 21.4 Å². The summed E-state index contributed by atoms with van der Waals surface area (Å²) < 4.78 is 42.4. The molecule has 2 atom stereocenters. The van der Waals surface area contributed by atoms with E-state index in [9.17, 15) is 28.4 Å². The van der Waals surface area contributed by atoms with Crippen LogP contribution in [0.4, 0.5) is 17.1 Å². The number of aromatic nitrogens is 2. The van der Waals surface area contributed by atoms with Crippen molar-refractivity contribution in [3.8, 4) is 17.2 Å². The maximum atomic E-state index is 14.1. The lowest BCUT2D eigenvalue weighted by molar-refractivity contribution is -0.384. The van der Waals surface area contributed by atoms with Crippen molar-refractivity contribution in [2.45, 2.75) is 113 Å². The van der Waals surface area contributed by atoms with Gasteiger partial charge in [-0.25, -0.2) is 18.1 Å². The van der Waals surface area contributed by atoms with Crippen molar-refractivity contribution in [2.24, 2.45) is 11.3 Å². The van der Waals surface area contributed by atoms with Gasteiger partial charge < -0.3 is 29.8 Å². The number of nitro benzene ring substituents is 1. The van der Waals surface area contributed by atoms with Crippen LogP contribution in [0.15, 0.2) is 114 Å². The number of piperidine rings is 1. The molecule has 4 aromatic carbocycles. The van der Waals surface area contributed by atoms with Crippen molar-refractivity contribution < 1.29 is 32.7 Å². The van der Waals surface area contributed by atoms with Gasteiger partial charge in [-0.15, -0.1) is 0 Å². The van der Waals surface area contributed by atoms with Crippen LogP contribution in [0.5, 0.6) is 17.2 Å². The molecular weight excluding hydrogens is 981 g/mol. The molecule has 6 aromatic rings. The Kier molecular flexibility index (Phi) is 14.3. The molecule has 1 amide bonds. The van der Waals surface area contributed by atoms with E-state index in [1.165, 1.54) is 28.8 Å². The molecule has 2 unspecified atom stereocenters. The van der Waals surface area contributed by atoms with E-state index in [0.717, 1.165) is 114 Å². The number of piperazine rings is 1. The van der Waals surface area contributed by atoms with Crippen LogP contribution in [-0.2, 0) is 10.0 Å². The first kappa shape index (κ1) is 51.6. The van der Waals surface area contributed by atoms with Crippen LogP contribution >= 0.6 is 0 Å². The van der Waals surface area contributed by atoms with Crippen molar-refractivity contribution in [3.63, 3.8) is 0 Å². The van der Waals surface area contributed by atoms with E-state index in [1.54, 1.807) is 30.6 Å². The van der Waals surface area contributed by atoms with Crippen LogP contribution < -0.4 is 24.4 Å². The first-order valence-corrected chi connectivity index (χ1v) is 28.7. The average Bonchev–Trinajstić information content (AvgIpc) is 3.90. The van der Waals surface area contributed by atoms with E-state index in [-0.39, 0.29) is 28.3 Å². The molecule has 3 aliphatic heterocycles. The average molecular weight is 1050 g/mol. The third-order valence-corrected chi connectivity index (χ3v) is 18.6. The number of sulfonamides is 1. The van der Waals surface area contributed by atoms with Crippen molar-refractivity contribution in [2.75, 3.05) is 62.6 Å². The van der Waals surface area contributed by atoms with Crippen LogP contribution in [0.2, 0.25) is 0 Å². The molecule has 2 saturated carbocycles. The number of benzene rings is 4. The summed E-state index contributed by atoms with van der Waals surface area (Å²) in [6.45, 7) is 13.4. The van der Waals surface area contributed by atoms with Crippen LogP contribution in [0.3, 0.4) is 0 Å². The first-order valence-electron chi connectivity index (χ1n) is 27.2. The van der Waals surface area contributed by atoms with Crippen molar-refractivity contribution in [1.82, 2.24) is 24.5 Å². The highest BCUT2D eigenvalue weighted by Crippen LogP contribution is 2.54. The molecule has 17 heteroatoms. The van der Waals surface area contributed by atoms with E-state index in [4.69, 9.17) is 9.47 Å². The zero-order valence-corrected chi connectivity index (χ0v) is 44.6. The summed E-state index contributed by atoms with van der Waals surface area (Å²) in [7, 11) is -4.59. The Bertz CT molecular complexity index is 3210. The molecule has 76 heavy (non-hydrogen) atoms. The molecule has 11 rings (SSSR count). The van der Waals surface area contributed by atoms with E-state index in [2.05, 4.69) is 97.1 Å². The standard InChI is InChI=1S/C59H70N8O8S/c1-39(2)47-8-4-5-10-49(47)53-38-64(37-42-19-29-74-54-11-7-6-9-48(42)54)27-28-66(53)44-33-59(34-44)22-25-65(26-23-59)43-12-14-50(55(31-43)75-45-30-41-18-24-60-56(41)62-36-45)57(68)63-76(72,73)46-13-15-51(52(32-46)67(70)71)61-35-40-16-20-58(3,69)21-17-40/h4-15,18,24,30-32,36,39-40,42,44,53,61,69H,16-17,19-23,25-29,33-35,37-38H2,1-3H3,(H,60,62)(H,63,68). The number of pyridine rings is 1. The van der Waals surface area contributed by atoms with Crippen LogP contribution in [0.1, 0.15) is 123 Å². The summed E-state index contributed by atoms with van der Waals surface area (Å²) in [5, 5.41) is 26.5. The number of amides is 1. The van der Waals surface area contributed by atoms with E-state index in [0.29, 0.717) is 54.7 Å². The Morgan fingerprint density at radius 2 is 1.70 bits per heavy atom. The molecular formula is C59H70N8O8S. The zero-order chi connectivity index (χ0) is 52.8. The second kappa shape index (κ2) is 21.1. The van der Waals surface area contributed by atoms with Gasteiger partial charge in [0, 0.05) is 93.2 Å². The molecule has 1 spiro atoms. The molecule has 400 valence electrons. The Morgan fingerprint density at radius 3 is 2.47 bits per heavy atom. The zero-order valence-electron chi connectivity index (χ0n) is 43.7. The monoisotopic (exact) mass is 1050 g/mol. The van der Waals surface area contributed by atoms with E-state index in [1.807, 2.05) is 19.1 Å². The van der Waals surface area contributed by atoms with Gasteiger partial charge in [-0.05, 0) is 141 Å². The van der Waals surface area contributed by atoms with Gasteiger partial charge in [-0.3, -0.25) is 24.7 Å². The van der Waals surface area contributed by atoms with Crippen LogP contribution in [0.25, 0.3) is 11.0 Å². The lowest BCUT2D eigenvalue weighted by Gasteiger charge is -2.58. The number of carbonyl (C=O) groups excluding carboxylic acids is 1. The minimum atomic E-state index is -4.59. The number of carbonyl (C=O) groups is 1. The quantitative estimate of drug-likeness (QED) is 0.0561. The Labute approximate surface area is 445 Å². The fourth-order valence-corrected chi connectivity index (χ4v) is 13.9. The molecule has 0 bridgehead atoms. The van der Waals surface area contributed by atoms with Crippen LogP contribution in [-0.4, -0.2) is 108 Å². The number of nitro groups is 1. The van der Waals surface area contributed by atoms with E-state index >= 15 is 0 Å². The molecule has 2 aromatic heterocycles. The fourth-order valence-electron chi connectivity index (χ4n) is 12.9. The normalized spacial score (nSPS) is 23.2. The SMILES string of the molecule is CC(C)c1ccccc1C1CN(CC2CCOc3ccccc32)CCN1C1CC2(CCN(c3ccc(C(=O)NS(=O)(=O)c4ccc(NCC5CCC(C)(O)CC5)c([N+](=O)[O-])c4)c(Oc4cnc5[nH]ccc5c4)c3)CC2)C1. The van der Waals surface area contributed by atoms with Crippen molar-refractivity contribution in [3.05, 3.63) is 142 Å². The van der Waals surface area contributed by atoms with Gasteiger partial charge in [0.05, 0.1) is 33.8 Å². The summed E-state index contributed by atoms with van der Waals surface area (Å²) in [5.74, 6) is 1.67. The highest BCUT2D eigenvalue weighted by molar-refractivity contribution is 7.90. The van der Waals surface area contributed by atoms with Gasteiger partial charge >= 0.3 is 0 Å². The number of hydrogen-bond acceptors (Lipinski definition) is 13. The number of aromatic amines is 1. The molecule has 2 saturated heterocycles. The molecule has 4 fully saturated rings. The number of H-pyrrole nitrogens is 1. The smallest absolute Gasteiger partial charge is 0.293 e. The van der Waals surface area contributed by atoms with Crippen molar-refractivity contribution in [1.29, 1.82) is 0 Å². The van der Waals surface area contributed by atoms with Gasteiger partial charge in [0.1, 0.15) is 28.6 Å². The molecule has 16 nitrogen and oxygen atoms in total. The van der Waals surface area contributed by atoms with Gasteiger partial charge in [0.2, 0.25) is 0 Å². The molecule has 4 N–H and O–H groups in total. The largest absolute Gasteiger partial charge is 0.493 e. The fraction of sp³-hybridized carbons (Fsp3) is 0.458. The highest BCUT2D eigenvalue weighted by Gasteiger charge is 2.50. The Morgan fingerprint density at radius 1 is 0.934 bits per heavy atom. The highest BCUT2D eigenvalue weighted by atomic mass is 32.2. The number of ether oxygens (including phenoxy) is 2. The third kappa shape index (κ3) is 10.9. The lowest BCUT2D eigenvalue weighted by Crippen LogP contribution is -2.60. The minimum Gasteiger partial charge on any atom is -0.493 e. The second-order valence-corrected chi connectivity index (χ2v) is 24.5. The van der Waals surface area contributed by atoms with Crippen molar-refractivity contribution >= 4 is 44.0 Å². The molecule has 5 heterocycles. The summed E-state index contributed by atoms with van der Waals surface area (Å²) in [6, 6.07) is 30.9. The Hall–Kier alpha value is -6.53. The van der Waals surface area contributed by atoms with Gasteiger partial charge in [-0.2, -0.15) is 0 Å². The Balaban J connectivity index is 0.778. The number of fused-ring (bicyclic) bond motifs is 2. The predicted molar refractivity (Wildman–Crippen MR) is 294 cm³/mol. The number of aliphatic hydroxyl groups is 1. The third-order valence-electron chi connectivity index (χ3n) is 17.3. The van der Waals surface area contributed by atoms with Gasteiger partial charge in [-0.1, -0.05) is 56.3 Å². The van der Waals surface area contributed by atoms with E-state index < -0.39 is 37.0 Å². The summed E-state index contributed by atoms with van der Waals surface area (Å²) in [4.78, 5) is 40.7. The molecule has 5 aliphatic rings. The minimum absolute atomic E-state index is 0.0256. The number of anilines is 2. The number of rotatable bonds is 15. The van der Waals surface area contributed by atoms with Gasteiger partial charge in [0.25, 0.3) is 21.6 Å². The summed E-state index contributed by atoms with van der Waals surface area (Å²) in [6.07, 6.45) is 11.5. The second-order valence-electron chi connectivity index (χ2n) is 22.8.